The molecule has 63 heavy (non-hydrogen) atoms. The van der Waals surface area contributed by atoms with Gasteiger partial charge in [0.2, 0.25) is 0 Å². The van der Waals surface area contributed by atoms with Crippen LogP contribution < -0.4 is 4.90 Å². The van der Waals surface area contributed by atoms with Crippen LogP contribution in [0.2, 0.25) is 0 Å². The van der Waals surface area contributed by atoms with Crippen molar-refractivity contribution in [1.29, 1.82) is 0 Å². The van der Waals surface area contributed by atoms with E-state index in [0.717, 1.165) is 38.8 Å². The molecule has 1 unspecified atom stereocenters. The summed E-state index contributed by atoms with van der Waals surface area (Å²) in [6.07, 6.45) is 9.19. The molecule has 0 saturated carbocycles. The molecule has 3 heterocycles. The highest BCUT2D eigenvalue weighted by Gasteiger charge is 2.37. The average molecular weight is 803 g/mol. The quantitative estimate of drug-likeness (QED) is 0.165. The molecular formula is C60H38N2O. The van der Waals surface area contributed by atoms with Crippen LogP contribution in [-0.4, -0.2) is 10.6 Å². The van der Waals surface area contributed by atoms with E-state index in [1.165, 1.54) is 82.2 Å². The standard InChI is InChI=1S/C60H38N2O/c1-2-14-45-43(12-1)44-13-3-4-15-46(44)52-36-41(30-31-47(45)52)62-56-22-9-6-17-49(56)54-35-39(27-33-58(54)62)38-26-32-57-53(34-38)48-16-5-8-21-55(48)61(57)40-28-24-37(25-29-40)42-19-11-20-51-50-18-7-10-23-59(50)63-60(42)51/h1-36,49,56H/t49?,56-/m1/s1. The third-order valence-electron chi connectivity index (χ3n) is 13.9. The topological polar surface area (TPSA) is 21.3 Å². The predicted octanol–water partition coefficient (Wildman–Crippen LogP) is 16.2. The van der Waals surface area contributed by atoms with Gasteiger partial charge in [-0.15, -0.1) is 0 Å². The van der Waals surface area contributed by atoms with E-state index in [0.29, 0.717) is 0 Å². The lowest BCUT2D eigenvalue weighted by atomic mass is 9.89. The van der Waals surface area contributed by atoms with Crippen molar-refractivity contribution >= 4 is 87.4 Å². The fourth-order valence-electron chi connectivity index (χ4n) is 11.1. The minimum Gasteiger partial charge on any atom is -0.455 e. The third kappa shape index (κ3) is 5.02. The van der Waals surface area contributed by atoms with Crippen LogP contribution in [0.1, 0.15) is 11.5 Å². The zero-order valence-corrected chi connectivity index (χ0v) is 34.2. The molecule has 2 aromatic heterocycles. The first-order valence-corrected chi connectivity index (χ1v) is 21.9. The SMILES string of the molecule is C1=CC2c3cc(-c4ccc5c(c4)c4ccccc4n5-c4ccc(-c5cccc6c5oc5ccccc56)cc4)ccc3N(c3ccc4c5ccccc5c5ccccc5c4c3)[C@@H]2C=C1. The Morgan fingerprint density at radius 2 is 0.984 bits per heavy atom. The van der Waals surface area contributed by atoms with Crippen molar-refractivity contribution in [3.63, 3.8) is 0 Å². The summed E-state index contributed by atoms with van der Waals surface area (Å²) in [5.41, 5.74) is 13.9. The van der Waals surface area contributed by atoms with Gasteiger partial charge in [-0.1, -0.05) is 158 Å². The predicted molar refractivity (Wildman–Crippen MR) is 265 cm³/mol. The van der Waals surface area contributed by atoms with Crippen molar-refractivity contribution in [3.8, 4) is 27.9 Å². The van der Waals surface area contributed by atoms with Gasteiger partial charge in [0.25, 0.3) is 0 Å². The number of furan rings is 1. The van der Waals surface area contributed by atoms with Gasteiger partial charge in [0.05, 0.1) is 17.1 Å². The number of hydrogen-bond acceptors (Lipinski definition) is 2. The van der Waals surface area contributed by atoms with E-state index in [2.05, 4.69) is 216 Å². The lowest BCUT2D eigenvalue weighted by Crippen LogP contribution is -2.28. The molecule has 1 aliphatic carbocycles. The summed E-state index contributed by atoms with van der Waals surface area (Å²) in [4.78, 5) is 2.56. The Hall–Kier alpha value is -8.14. The molecule has 3 heteroatoms. The van der Waals surface area contributed by atoms with Crippen LogP contribution in [-0.2, 0) is 0 Å². The minimum absolute atomic E-state index is 0.197. The second-order valence-corrected chi connectivity index (χ2v) is 17.2. The molecular weight excluding hydrogens is 765 g/mol. The van der Waals surface area contributed by atoms with Crippen LogP contribution in [0.3, 0.4) is 0 Å². The fourth-order valence-corrected chi connectivity index (χ4v) is 11.1. The van der Waals surface area contributed by atoms with Gasteiger partial charge in [-0.05, 0) is 115 Å². The van der Waals surface area contributed by atoms with Crippen LogP contribution in [0.4, 0.5) is 11.4 Å². The third-order valence-corrected chi connectivity index (χ3v) is 13.9. The molecule has 2 aliphatic rings. The molecule has 0 radical (unpaired) electrons. The minimum atomic E-state index is 0.197. The largest absolute Gasteiger partial charge is 0.455 e. The number of rotatable bonds is 4. The van der Waals surface area contributed by atoms with E-state index in [-0.39, 0.29) is 12.0 Å². The first-order chi connectivity index (χ1) is 31.2. The van der Waals surface area contributed by atoms with E-state index >= 15 is 0 Å². The van der Waals surface area contributed by atoms with Crippen LogP contribution in [0.5, 0.6) is 0 Å². The van der Waals surface area contributed by atoms with Crippen molar-refractivity contribution in [2.75, 3.05) is 4.90 Å². The van der Waals surface area contributed by atoms with E-state index in [4.69, 9.17) is 4.42 Å². The zero-order valence-electron chi connectivity index (χ0n) is 34.2. The maximum atomic E-state index is 6.40. The van der Waals surface area contributed by atoms with Gasteiger partial charge >= 0.3 is 0 Å². The lowest BCUT2D eigenvalue weighted by Gasteiger charge is -2.29. The van der Waals surface area contributed by atoms with E-state index in [1.54, 1.807) is 0 Å². The van der Waals surface area contributed by atoms with Crippen molar-refractivity contribution in [3.05, 3.63) is 224 Å². The monoisotopic (exact) mass is 802 g/mol. The Labute approximate surface area is 363 Å². The van der Waals surface area contributed by atoms with Crippen molar-refractivity contribution in [2.24, 2.45) is 0 Å². The van der Waals surface area contributed by atoms with Gasteiger partial charge < -0.3 is 13.9 Å². The van der Waals surface area contributed by atoms with E-state index in [9.17, 15) is 0 Å². The number of allylic oxidation sites excluding steroid dienone is 2. The van der Waals surface area contributed by atoms with Gasteiger partial charge in [-0.3, -0.25) is 0 Å². The molecule has 0 bridgehead atoms. The van der Waals surface area contributed by atoms with Gasteiger partial charge in [-0.2, -0.15) is 0 Å². The zero-order chi connectivity index (χ0) is 41.2. The molecule has 14 rings (SSSR count). The highest BCUT2D eigenvalue weighted by atomic mass is 16.3. The Morgan fingerprint density at radius 3 is 1.79 bits per heavy atom. The molecule has 294 valence electrons. The average Bonchev–Trinajstić information content (AvgIpc) is 4.01. The molecule has 0 fully saturated rings. The summed E-state index contributed by atoms with van der Waals surface area (Å²) < 4.78 is 8.81. The number of nitrogens with zero attached hydrogens (tertiary/aromatic N) is 2. The van der Waals surface area contributed by atoms with Gasteiger partial charge in [-0.25, -0.2) is 0 Å². The van der Waals surface area contributed by atoms with Gasteiger partial charge in [0.15, 0.2) is 0 Å². The van der Waals surface area contributed by atoms with Crippen LogP contribution in [0.15, 0.2) is 223 Å². The van der Waals surface area contributed by atoms with Crippen molar-refractivity contribution in [1.82, 2.24) is 4.57 Å². The Kier molecular flexibility index (Phi) is 7.23. The Balaban J connectivity index is 0.859. The van der Waals surface area contributed by atoms with Gasteiger partial charge in [0, 0.05) is 50.1 Å². The highest BCUT2D eigenvalue weighted by Crippen LogP contribution is 2.50. The number of benzene rings is 10. The number of anilines is 2. The number of hydrogen-bond donors (Lipinski definition) is 0. The van der Waals surface area contributed by atoms with Gasteiger partial charge in [0.1, 0.15) is 11.2 Å². The Bertz CT molecular complexity index is 3900. The van der Waals surface area contributed by atoms with E-state index in [1.807, 2.05) is 12.1 Å². The molecule has 0 spiro atoms. The smallest absolute Gasteiger partial charge is 0.143 e. The van der Waals surface area contributed by atoms with E-state index < -0.39 is 0 Å². The first-order valence-electron chi connectivity index (χ1n) is 21.9. The molecule has 10 aromatic carbocycles. The second kappa shape index (κ2) is 13.2. The summed E-state index contributed by atoms with van der Waals surface area (Å²) in [5.74, 6) is 0.251. The Morgan fingerprint density at radius 1 is 0.381 bits per heavy atom. The van der Waals surface area contributed by atoms with Crippen molar-refractivity contribution < 1.29 is 4.42 Å². The van der Waals surface area contributed by atoms with Crippen LogP contribution in [0, 0.1) is 0 Å². The van der Waals surface area contributed by atoms with Crippen LogP contribution in [0.25, 0.3) is 104 Å². The fraction of sp³-hybridized carbons (Fsp3) is 0.0333. The molecule has 1 aliphatic heterocycles. The summed E-state index contributed by atoms with van der Waals surface area (Å²) >= 11 is 0. The summed E-state index contributed by atoms with van der Waals surface area (Å²) in [5, 5.41) is 12.6. The molecule has 0 N–H and O–H groups in total. The number of aromatic nitrogens is 1. The lowest BCUT2D eigenvalue weighted by molar-refractivity contribution is 0.670. The second-order valence-electron chi connectivity index (χ2n) is 17.2. The molecule has 0 amide bonds. The normalized spacial score (nSPS) is 15.8. The summed E-state index contributed by atoms with van der Waals surface area (Å²) in [6, 6.07) is 71.6. The summed E-state index contributed by atoms with van der Waals surface area (Å²) in [6.45, 7) is 0. The number of para-hydroxylation sites is 3. The maximum Gasteiger partial charge on any atom is 0.143 e. The summed E-state index contributed by atoms with van der Waals surface area (Å²) in [7, 11) is 0. The molecule has 0 saturated heterocycles. The first kappa shape index (κ1) is 34.6. The maximum absolute atomic E-state index is 6.40. The molecule has 3 nitrogen and oxygen atoms in total. The number of fused-ring (bicyclic) bond motifs is 15. The van der Waals surface area contributed by atoms with Crippen LogP contribution >= 0.6 is 0 Å². The highest BCUT2D eigenvalue weighted by molar-refractivity contribution is 6.26. The molecule has 12 aromatic rings. The molecule has 2 atom stereocenters. The van der Waals surface area contributed by atoms with Crippen molar-refractivity contribution in [2.45, 2.75) is 12.0 Å².